The number of nitrogens with one attached hydrogen (secondary N) is 2. The molecule has 1 aliphatic rings. The Morgan fingerprint density at radius 3 is 2.71 bits per heavy atom. The van der Waals surface area contributed by atoms with Crippen LogP contribution in [0.1, 0.15) is 31.0 Å². The summed E-state index contributed by atoms with van der Waals surface area (Å²) in [5.74, 6) is -0.640. The highest BCUT2D eigenvalue weighted by atomic mass is 32.1. The van der Waals surface area contributed by atoms with Crippen molar-refractivity contribution in [3.63, 3.8) is 0 Å². The maximum Gasteiger partial charge on any atom is 0.225 e. The molecule has 0 aliphatic heterocycles. The lowest BCUT2D eigenvalue weighted by Crippen LogP contribution is -2.47. The SMILES string of the molecule is Cc1nc(NCc2ccc(F)cc2F)nc(N[C@@H]2CC[C@@H](O)[C@@]2(C)O)c1-c1nc2cnccc2s1. The van der Waals surface area contributed by atoms with Gasteiger partial charge in [-0.2, -0.15) is 4.98 Å². The number of hydrogen-bond donors (Lipinski definition) is 4. The van der Waals surface area contributed by atoms with Crippen LogP contribution >= 0.6 is 11.3 Å². The van der Waals surface area contributed by atoms with Gasteiger partial charge < -0.3 is 20.8 Å². The minimum Gasteiger partial charge on any atom is -0.390 e. The van der Waals surface area contributed by atoms with Gasteiger partial charge in [-0.05, 0) is 38.8 Å². The van der Waals surface area contributed by atoms with E-state index in [-0.39, 0.29) is 18.1 Å². The first-order valence-corrected chi connectivity index (χ1v) is 12.0. The van der Waals surface area contributed by atoms with Gasteiger partial charge >= 0.3 is 0 Å². The largest absolute Gasteiger partial charge is 0.390 e. The fourth-order valence-corrected chi connectivity index (χ4v) is 5.29. The van der Waals surface area contributed by atoms with Gasteiger partial charge in [0.25, 0.3) is 0 Å². The second-order valence-corrected chi connectivity index (χ2v) is 9.85. The van der Waals surface area contributed by atoms with Gasteiger partial charge in [0.05, 0.1) is 34.3 Å². The fourth-order valence-electron chi connectivity index (χ4n) is 4.26. The molecule has 182 valence electrons. The lowest BCUT2D eigenvalue weighted by molar-refractivity contribution is -0.0439. The summed E-state index contributed by atoms with van der Waals surface area (Å²) in [6.07, 6.45) is 3.52. The standard InChI is InChI=1S/C24H24F2N6O2S/c1-12-20(22-30-16-11-27-8-7-17(16)35-22)21(31-18-5-6-19(33)24(18,2)34)32-23(29-12)28-10-13-3-4-14(25)9-15(13)26/h3-4,7-9,11,18-19,33-34H,5-6,10H2,1-2H3,(H2,28,29,31,32)/t18-,19-,24+/m1/s1. The molecule has 0 radical (unpaired) electrons. The molecule has 4 N–H and O–H groups in total. The lowest BCUT2D eigenvalue weighted by Gasteiger charge is -2.30. The van der Waals surface area contributed by atoms with Crippen molar-refractivity contribution in [1.29, 1.82) is 0 Å². The van der Waals surface area contributed by atoms with Gasteiger partial charge in [0.2, 0.25) is 5.95 Å². The van der Waals surface area contributed by atoms with Crippen LogP contribution in [0, 0.1) is 18.6 Å². The van der Waals surface area contributed by atoms with Gasteiger partial charge in [-0.3, -0.25) is 4.98 Å². The van der Waals surface area contributed by atoms with E-state index in [1.807, 2.05) is 13.0 Å². The van der Waals surface area contributed by atoms with Crippen LogP contribution in [0.15, 0.2) is 36.7 Å². The normalized spacial score (nSPS) is 22.0. The quantitative estimate of drug-likeness (QED) is 0.315. The molecule has 5 rings (SSSR count). The van der Waals surface area contributed by atoms with Crippen LogP contribution in [0.4, 0.5) is 20.5 Å². The summed E-state index contributed by atoms with van der Waals surface area (Å²) < 4.78 is 28.3. The van der Waals surface area contributed by atoms with Crippen LogP contribution in [-0.4, -0.2) is 47.9 Å². The summed E-state index contributed by atoms with van der Waals surface area (Å²) in [5.41, 5.74) is 0.955. The molecule has 0 amide bonds. The van der Waals surface area contributed by atoms with Crippen LogP contribution in [0.3, 0.4) is 0 Å². The monoisotopic (exact) mass is 498 g/mol. The molecule has 1 aromatic carbocycles. The molecule has 3 aromatic heterocycles. The third-order valence-corrected chi connectivity index (χ3v) is 7.42. The van der Waals surface area contributed by atoms with E-state index in [4.69, 9.17) is 4.98 Å². The number of rotatable bonds is 6. The number of aliphatic hydroxyl groups is 2. The van der Waals surface area contributed by atoms with E-state index in [1.54, 1.807) is 19.3 Å². The van der Waals surface area contributed by atoms with Crippen molar-refractivity contribution in [2.75, 3.05) is 10.6 Å². The molecular formula is C24H24F2N6O2S. The van der Waals surface area contributed by atoms with Crippen molar-refractivity contribution in [1.82, 2.24) is 19.9 Å². The number of aliphatic hydroxyl groups excluding tert-OH is 1. The number of fused-ring (bicyclic) bond motifs is 1. The van der Waals surface area contributed by atoms with Gasteiger partial charge in [0, 0.05) is 24.4 Å². The summed E-state index contributed by atoms with van der Waals surface area (Å²) in [6.45, 7) is 3.46. The number of hydrogen-bond acceptors (Lipinski definition) is 9. The molecular weight excluding hydrogens is 474 g/mol. The number of pyridine rings is 1. The number of nitrogens with zero attached hydrogens (tertiary/aromatic N) is 4. The van der Waals surface area contributed by atoms with Crippen LogP contribution in [0.5, 0.6) is 0 Å². The second-order valence-electron chi connectivity index (χ2n) is 8.82. The third kappa shape index (κ3) is 4.54. The Hall–Kier alpha value is -3.28. The molecule has 1 fully saturated rings. The zero-order chi connectivity index (χ0) is 24.7. The highest BCUT2D eigenvalue weighted by molar-refractivity contribution is 7.21. The fraction of sp³-hybridized carbons (Fsp3) is 0.333. The molecule has 0 unspecified atom stereocenters. The van der Waals surface area contributed by atoms with Gasteiger partial charge in [0.1, 0.15) is 33.6 Å². The number of halogens is 2. The van der Waals surface area contributed by atoms with Crippen LogP contribution in [0.2, 0.25) is 0 Å². The van der Waals surface area contributed by atoms with Gasteiger partial charge in [0.15, 0.2) is 0 Å². The molecule has 0 bridgehead atoms. The zero-order valence-electron chi connectivity index (χ0n) is 19.1. The Kier molecular flexibility index (Phi) is 6.07. The first-order chi connectivity index (χ1) is 16.7. The first kappa shape index (κ1) is 23.5. The summed E-state index contributed by atoms with van der Waals surface area (Å²) in [6, 6.07) is 4.81. The minimum absolute atomic E-state index is 0.0526. The third-order valence-electron chi connectivity index (χ3n) is 6.37. The van der Waals surface area contributed by atoms with Crippen molar-refractivity contribution < 1.29 is 19.0 Å². The van der Waals surface area contributed by atoms with Crippen molar-refractivity contribution in [2.45, 2.75) is 51.0 Å². The Labute approximate surface area is 204 Å². The van der Waals surface area contributed by atoms with E-state index in [0.29, 0.717) is 34.9 Å². The molecule has 4 aromatic rings. The van der Waals surface area contributed by atoms with Crippen LogP contribution in [-0.2, 0) is 6.54 Å². The highest BCUT2D eigenvalue weighted by Crippen LogP contribution is 2.39. The topological polar surface area (TPSA) is 116 Å². The van der Waals surface area contributed by atoms with Crippen molar-refractivity contribution in [3.8, 4) is 10.6 Å². The number of thiazole rings is 1. The summed E-state index contributed by atoms with van der Waals surface area (Å²) in [4.78, 5) is 18.0. The number of benzene rings is 1. The second kappa shape index (κ2) is 9.06. The summed E-state index contributed by atoms with van der Waals surface area (Å²) >= 11 is 1.47. The molecule has 0 saturated heterocycles. The Morgan fingerprint density at radius 1 is 1.17 bits per heavy atom. The van der Waals surface area contributed by atoms with Gasteiger partial charge in [-0.1, -0.05) is 6.07 Å². The molecule has 1 saturated carbocycles. The van der Waals surface area contributed by atoms with E-state index in [2.05, 4.69) is 25.6 Å². The predicted molar refractivity (Wildman–Crippen MR) is 130 cm³/mol. The maximum atomic E-state index is 14.1. The Morgan fingerprint density at radius 2 is 2.00 bits per heavy atom. The number of aryl methyl sites for hydroxylation is 1. The van der Waals surface area contributed by atoms with Gasteiger partial charge in [-0.25, -0.2) is 18.7 Å². The zero-order valence-corrected chi connectivity index (χ0v) is 19.9. The van der Waals surface area contributed by atoms with Gasteiger partial charge in [-0.15, -0.1) is 11.3 Å². The van der Waals surface area contributed by atoms with E-state index >= 15 is 0 Å². The average molecular weight is 499 g/mol. The van der Waals surface area contributed by atoms with Crippen LogP contribution < -0.4 is 10.6 Å². The highest BCUT2D eigenvalue weighted by Gasteiger charge is 2.45. The molecule has 0 spiro atoms. The van der Waals surface area contributed by atoms with Crippen molar-refractivity contribution >= 4 is 33.3 Å². The molecule has 8 nitrogen and oxygen atoms in total. The van der Waals surface area contributed by atoms with Crippen molar-refractivity contribution in [2.24, 2.45) is 0 Å². The molecule has 11 heteroatoms. The van der Waals surface area contributed by atoms with E-state index in [9.17, 15) is 19.0 Å². The lowest BCUT2D eigenvalue weighted by atomic mass is 9.98. The van der Waals surface area contributed by atoms with E-state index in [1.165, 1.54) is 23.5 Å². The summed E-state index contributed by atoms with van der Waals surface area (Å²) in [7, 11) is 0. The molecule has 35 heavy (non-hydrogen) atoms. The minimum atomic E-state index is -1.35. The molecule has 3 heterocycles. The smallest absolute Gasteiger partial charge is 0.225 e. The first-order valence-electron chi connectivity index (χ1n) is 11.2. The molecule has 1 aliphatic carbocycles. The Bertz CT molecular complexity index is 1360. The van der Waals surface area contributed by atoms with E-state index in [0.717, 1.165) is 16.3 Å². The maximum absolute atomic E-state index is 14.1. The molecule has 3 atom stereocenters. The summed E-state index contributed by atoms with van der Waals surface area (Å²) in [5, 5.41) is 28.1. The van der Waals surface area contributed by atoms with Crippen LogP contribution in [0.25, 0.3) is 20.8 Å². The Balaban J connectivity index is 1.52. The van der Waals surface area contributed by atoms with Crippen molar-refractivity contribution in [3.05, 3.63) is 59.6 Å². The van der Waals surface area contributed by atoms with E-state index < -0.39 is 29.4 Å². The predicted octanol–water partition coefficient (Wildman–Crippen LogP) is 4.03. The number of aromatic nitrogens is 4. The number of anilines is 2. The average Bonchev–Trinajstić information content (AvgIpc) is 3.34.